The second kappa shape index (κ2) is 16.8. The molecule has 0 aromatic rings. The van der Waals surface area contributed by atoms with Crippen molar-refractivity contribution in [1.82, 2.24) is 0 Å². The maximum absolute atomic E-state index is 8.55. The van der Waals surface area contributed by atoms with Gasteiger partial charge >= 0.3 is 0 Å². The Morgan fingerprint density at radius 2 is 0.929 bits per heavy atom. The summed E-state index contributed by atoms with van der Waals surface area (Å²) in [7, 11) is -0.668. The zero-order valence-corrected chi connectivity index (χ0v) is 12.3. The number of aliphatic hydroxyl groups excluding tert-OH is 5. The summed E-state index contributed by atoms with van der Waals surface area (Å²) in [5.41, 5.74) is 0. The summed E-state index contributed by atoms with van der Waals surface area (Å²) in [6, 6.07) is 0. The van der Waals surface area contributed by atoms with E-state index in [1.54, 1.807) is 0 Å². The van der Waals surface area contributed by atoms with E-state index >= 15 is 0 Å². The van der Waals surface area contributed by atoms with Gasteiger partial charge in [0.05, 0.1) is 0 Å². The molecule has 0 saturated heterocycles. The third-order valence-corrected chi connectivity index (χ3v) is 3.60. The Hall–Kier alpha value is 1.43. The molecule has 0 spiro atoms. The normalized spacial score (nSPS) is 9.21. The zero-order valence-electron chi connectivity index (χ0n) is 7.68. The fourth-order valence-electron chi connectivity index (χ4n) is 0.268. The standard InChI is InChI=1S/C4H12O4P.CH5OP.BrH.ClH/c5-1-9(2-6,3-7)4-8;2-1-3;;/h5-8H,1-4H2;2H,1,3H2;2*1H/q+1;;;/p-1. The second-order valence-electron chi connectivity index (χ2n) is 2.13. The fourth-order valence-corrected chi connectivity index (χ4v) is 0.805. The number of hydrogen-bond acceptors (Lipinski definition) is 5. The van der Waals surface area contributed by atoms with E-state index in [2.05, 4.69) is 0 Å². The number of rotatable bonds is 4. The molecule has 1 unspecified atom stereocenters. The molecule has 14 heavy (non-hydrogen) atoms. The van der Waals surface area contributed by atoms with E-state index in [-0.39, 0.29) is 61.1 Å². The van der Waals surface area contributed by atoms with Crippen LogP contribution in [0.1, 0.15) is 0 Å². The molecule has 0 bridgehead atoms. The maximum atomic E-state index is 8.55. The molecule has 0 radical (unpaired) electrons. The van der Waals surface area contributed by atoms with E-state index in [0.717, 1.165) is 0 Å². The third-order valence-electron chi connectivity index (χ3n) is 1.20. The van der Waals surface area contributed by atoms with E-state index in [1.807, 2.05) is 0 Å². The van der Waals surface area contributed by atoms with E-state index < -0.39 is 7.26 Å². The summed E-state index contributed by atoms with van der Waals surface area (Å²) < 4.78 is 0. The smallest absolute Gasteiger partial charge is 0.161 e. The first-order valence-corrected chi connectivity index (χ1v) is 6.88. The van der Waals surface area contributed by atoms with E-state index in [0.29, 0.717) is 0 Å². The Morgan fingerprint density at radius 3 is 0.929 bits per heavy atom. The highest BCUT2D eigenvalue weighted by atomic mass is 79.9. The summed E-state index contributed by atoms with van der Waals surface area (Å²) in [6.45, 7) is 0. The quantitative estimate of drug-likeness (QED) is 0.329. The summed E-state index contributed by atoms with van der Waals surface area (Å²) in [4.78, 5) is 0. The van der Waals surface area contributed by atoms with Crippen molar-refractivity contribution in [3.05, 3.63) is 0 Å². The summed E-state index contributed by atoms with van der Waals surface area (Å²) in [6.07, 6.45) is -0.903. The predicted octanol–water partition coefficient (Wildman–Crippen LogP) is -7.65. The number of aliphatic hydroxyl groups is 5. The monoisotopic (exact) mass is 334 g/mol. The van der Waals surface area contributed by atoms with Gasteiger partial charge in [0, 0.05) is 9.24 Å². The van der Waals surface area contributed by atoms with Gasteiger partial charge in [-0.25, -0.2) is 0 Å². The van der Waals surface area contributed by atoms with Crippen LogP contribution in [-0.4, -0.2) is 57.3 Å². The Morgan fingerprint density at radius 1 is 0.786 bits per heavy atom. The topological polar surface area (TPSA) is 101 Å². The number of halogens is 2. The molecule has 0 aromatic heterocycles. The van der Waals surface area contributed by atoms with Gasteiger partial charge in [0.1, 0.15) is 13.6 Å². The Bertz CT molecular complexity index is 80.7. The molecule has 0 aliphatic rings. The van der Waals surface area contributed by atoms with Crippen molar-refractivity contribution in [3.63, 3.8) is 0 Å². The van der Waals surface area contributed by atoms with Crippen LogP contribution >= 0.6 is 16.5 Å². The molecule has 0 amide bonds. The van der Waals surface area contributed by atoms with Crippen LogP contribution in [0.25, 0.3) is 0 Å². The van der Waals surface area contributed by atoms with Gasteiger partial charge in [0.15, 0.2) is 25.4 Å². The van der Waals surface area contributed by atoms with Crippen molar-refractivity contribution in [2.75, 3.05) is 31.7 Å². The highest BCUT2D eigenvalue weighted by molar-refractivity contribution is 7.75. The minimum Gasteiger partial charge on any atom is -1.00 e. The van der Waals surface area contributed by atoms with Crippen molar-refractivity contribution in [3.8, 4) is 0 Å². The van der Waals surface area contributed by atoms with Gasteiger partial charge in [-0.3, -0.25) is 0 Å². The maximum Gasteiger partial charge on any atom is 0.161 e. The summed E-state index contributed by atoms with van der Waals surface area (Å²) in [5, 5.41) is 41.8. The van der Waals surface area contributed by atoms with Crippen molar-refractivity contribution in [1.29, 1.82) is 0 Å². The molecule has 0 heterocycles. The molecule has 0 aliphatic heterocycles. The predicted molar refractivity (Wildman–Crippen MR) is 53.5 cm³/mol. The van der Waals surface area contributed by atoms with Crippen molar-refractivity contribution >= 4 is 16.5 Å². The van der Waals surface area contributed by atoms with Gasteiger partial charge < -0.3 is 54.9 Å². The second-order valence-corrected chi connectivity index (χ2v) is 6.39. The van der Waals surface area contributed by atoms with Crippen molar-refractivity contribution in [2.45, 2.75) is 0 Å². The van der Waals surface area contributed by atoms with Crippen LogP contribution in [0.3, 0.4) is 0 Å². The van der Waals surface area contributed by atoms with Crippen molar-refractivity contribution < 1.29 is 54.9 Å². The lowest BCUT2D eigenvalue weighted by atomic mass is 11.6. The van der Waals surface area contributed by atoms with Crippen LogP contribution in [0.4, 0.5) is 0 Å². The first-order chi connectivity index (χ1) is 5.66. The Balaban J connectivity index is -0.0000000891. The van der Waals surface area contributed by atoms with E-state index in [1.165, 1.54) is 9.24 Å². The van der Waals surface area contributed by atoms with Crippen LogP contribution in [0, 0.1) is 0 Å². The Labute approximate surface area is 103 Å². The van der Waals surface area contributed by atoms with Crippen LogP contribution in [0.5, 0.6) is 0 Å². The molecule has 5 nitrogen and oxygen atoms in total. The van der Waals surface area contributed by atoms with Crippen LogP contribution in [-0.2, 0) is 0 Å². The van der Waals surface area contributed by atoms with Gasteiger partial charge in [-0.1, -0.05) is 0 Å². The molecule has 5 N–H and O–H groups in total. The zero-order chi connectivity index (χ0) is 10.0. The van der Waals surface area contributed by atoms with Gasteiger partial charge in [-0.15, -0.1) is 0 Å². The molecule has 1 atom stereocenters. The van der Waals surface area contributed by atoms with Gasteiger partial charge in [0.2, 0.25) is 0 Å². The third kappa shape index (κ3) is 11.5. The van der Waals surface area contributed by atoms with Crippen LogP contribution in [0.2, 0.25) is 0 Å². The molecule has 0 aromatic carbocycles. The molecule has 9 heteroatoms. The number of hydrogen-bond donors (Lipinski definition) is 5. The molecule has 0 rings (SSSR count). The van der Waals surface area contributed by atoms with Crippen LogP contribution < -0.4 is 29.4 Å². The van der Waals surface area contributed by atoms with Crippen molar-refractivity contribution in [2.24, 2.45) is 0 Å². The van der Waals surface area contributed by atoms with E-state index in [9.17, 15) is 0 Å². The van der Waals surface area contributed by atoms with E-state index in [4.69, 9.17) is 25.5 Å². The first kappa shape index (κ1) is 24.6. The lowest BCUT2D eigenvalue weighted by Crippen LogP contribution is -3.00. The lowest BCUT2D eigenvalue weighted by Gasteiger charge is -2.15. The van der Waals surface area contributed by atoms with Gasteiger partial charge in [-0.2, -0.15) is 0 Å². The highest BCUT2D eigenvalue weighted by Gasteiger charge is 2.34. The minimum atomic E-state index is -2.20. The molecule has 92 valence electrons. The average Bonchev–Trinajstić information content (AvgIpc) is 2.11. The molecule has 0 aliphatic carbocycles. The molecule has 0 fully saturated rings. The largest absolute Gasteiger partial charge is 1.00 e. The average molecular weight is 335 g/mol. The first-order valence-electron chi connectivity index (χ1n) is 3.35. The minimum absolute atomic E-state index is 0. The Kier molecular flexibility index (Phi) is 29.6. The molecule has 0 saturated carbocycles. The summed E-state index contributed by atoms with van der Waals surface area (Å²) in [5.74, 6) is 0. The van der Waals surface area contributed by atoms with Gasteiger partial charge in [0.25, 0.3) is 0 Å². The molecular formula is C5H18BrClO5P2. The fraction of sp³-hybridized carbons (Fsp3) is 1.00. The SMILES string of the molecule is OC[P+](CO)(CO)CO.OC[PH3+].[Br-].[Cl-]. The molecular weight excluding hydrogens is 317 g/mol. The highest BCUT2D eigenvalue weighted by Crippen LogP contribution is 2.54. The lowest BCUT2D eigenvalue weighted by molar-refractivity contribution is -0.00100. The van der Waals surface area contributed by atoms with Crippen LogP contribution in [0.15, 0.2) is 0 Å². The van der Waals surface area contributed by atoms with Gasteiger partial charge in [-0.05, 0) is 0 Å². The summed E-state index contributed by atoms with van der Waals surface area (Å²) >= 11 is 0.